The summed E-state index contributed by atoms with van der Waals surface area (Å²) in [4.78, 5) is 14.5. The maximum absolute atomic E-state index is 5.29. The first kappa shape index (κ1) is 18.8. The molecule has 0 bridgehead atoms. The number of hydrogen-bond acceptors (Lipinski definition) is 6. The van der Waals surface area contributed by atoms with Gasteiger partial charge in [-0.15, -0.1) is 5.10 Å². The second-order valence-corrected chi connectivity index (χ2v) is 7.47. The molecule has 3 aromatic rings. The molecule has 0 aliphatic heterocycles. The van der Waals surface area contributed by atoms with Gasteiger partial charge in [0.05, 0.1) is 0 Å². The lowest BCUT2D eigenvalue weighted by Gasteiger charge is -2.06. The highest BCUT2D eigenvalue weighted by Crippen LogP contribution is 2.22. The van der Waals surface area contributed by atoms with E-state index < -0.39 is 0 Å². The van der Waals surface area contributed by atoms with Gasteiger partial charge in [0, 0.05) is 23.7 Å². The van der Waals surface area contributed by atoms with Crippen molar-refractivity contribution < 1.29 is 4.84 Å². The molecule has 136 valence electrons. The highest BCUT2D eigenvalue weighted by atomic mass is 79.9. The van der Waals surface area contributed by atoms with Gasteiger partial charge in [0.1, 0.15) is 12.3 Å². The van der Waals surface area contributed by atoms with Crippen LogP contribution in [-0.4, -0.2) is 42.8 Å². The van der Waals surface area contributed by atoms with Crippen LogP contribution in [0, 0.1) is 6.92 Å². The first-order valence-corrected chi connectivity index (χ1v) is 10.5. The third kappa shape index (κ3) is 4.24. The summed E-state index contributed by atoms with van der Waals surface area (Å²) < 4.78 is 2.40. The van der Waals surface area contributed by atoms with E-state index in [-0.39, 0.29) is 0 Å². The van der Waals surface area contributed by atoms with E-state index in [4.69, 9.17) is 4.84 Å². The van der Waals surface area contributed by atoms with E-state index in [2.05, 4.69) is 43.1 Å². The molecule has 0 unspecified atom stereocenters. The minimum absolute atomic E-state index is 0.576. The van der Waals surface area contributed by atoms with E-state index >= 15 is 0 Å². The number of nitrogens with zero attached hydrogens (tertiary/aromatic N) is 5. The molecule has 0 saturated heterocycles. The predicted molar refractivity (Wildman–Crippen MR) is 110 cm³/mol. The van der Waals surface area contributed by atoms with Gasteiger partial charge in [-0.3, -0.25) is 4.98 Å². The van der Waals surface area contributed by atoms with Crippen LogP contribution in [0.5, 0.6) is 0 Å². The molecule has 0 amide bonds. The van der Waals surface area contributed by atoms with Crippen LogP contribution in [0.25, 0.3) is 17.2 Å². The van der Waals surface area contributed by atoms with Crippen LogP contribution in [0.1, 0.15) is 23.6 Å². The fraction of sp³-hybridized carbons (Fsp3) is 0.333. The van der Waals surface area contributed by atoms with Crippen LogP contribution in [0.3, 0.4) is 0 Å². The number of aryl methyl sites for hydroxylation is 2. The van der Waals surface area contributed by atoms with E-state index in [0.29, 0.717) is 17.1 Å². The van der Waals surface area contributed by atoms with E-state index in [1.807, 2.05) is 37.6 Å². The average Bonchev–Trinajstić information content (AvgIpc) is 3.07. The Morgan fingerprint density at radius 1 is 1.38 bits per heavy atom. The van der Waals surface area contributed by atoms with Crippen LogP contribution in [-0.2, 0) is 11.3 Å². The number of halogens is 1. The molecular formula is C18H20BrN5OS. The molecule has 3 aromatic heterocycles. The predicted octanol–water partition coefficient (Wildman–Crippen LogP) is 4.10. The van der Waals surface area contributed by atoms with Crippen molar-refractivity contribution in [2.75, 3.05) is 18.6 Å². The van der Waals surface area contributed by atoms with Gasteiger partial charge in [0.2, 0.25) is 5.82 Å². The van der Waals surface area contributed by atoms with Crippen molar-refractivity contribution >= 4 is 38.0 Å². The molecule has 0 atom stereocenters. The molecule has 6 nitrogen and oxygen atoms in total. The Morgan fingerprint density at radius 3 is 3.00 bits per heavy atom. The number of rotatable bonds is 7. The van der Waals surface area contributed by atoms with Crippen molar-refractivity contribution in [3.05, 3.63) is 47.3 Å². The van der Waals surface area contributed by atoms with Crippen molar-refractivity contribution in [2.24, 2.45) is 5.16 Å². The van der Waals surface area contributed by atoms with Crippen molar-refractivity contribution in [1.29, 1.82) is 0 Å². The Bertz CT molecular complexity index is 940. The summed E-state index contributed by atoms with van der Waals surface area (Å²) in [7, 11) is 0. The second kappa shape index (κ2) is 8.64. The van der Waals surface area contributed by atoms with Crippen molar-refractivity contribution in [3.8, 4) is 11.5 Å². The number of aromatic nitrogens is 4. The maximum atomic E-state index is 5.29. The standard InChI is InChI=1S/C18H20BrN5OS/c1-4-13-10-14(17(19)23-25-7-8-26-3)11-20-16(13)18-21-15-9-12(2)5-6-24(15)22-18/h5-6,9-11H,4,7-8H2,1-3H3/b23-17-. The molecule has 26 heavy (non-hydrogen) atoms. The first-order valence-electron chi connectivity index (χ1n) is 8.29. The van der Waals surface area contributed by atoms with E-state index in [1.54, 1.807) is 22.5 Å². The number of fused-ring (bicyclic) bond motifs is 1. The SMILES string of the molecule is CCc1cc(/C(Br)=N/OCCSC)cnc1-c1nc2cc(C)ccn2n1. The second-order valence-electron chi connectivity index (χ2n) is 5.74. The smallest absolute Gasteiger partial charge is 0.201 e. The van der Waals surface area contributed by atoms with Crippen molar-refractivity contribution in [1.82, 2.24) is 19.6 Å². The Labute approximate surface area is 165 Å². The fourth-order valence-corrected chi connectivity index (χ4v) is 3.01. The molecule has 0 radical (unpaired) electrons. The lowest BCUT2D eigenvalue weighted by atomic mass is 10.1. The minimum Gasteiger partial charge on any atom is -0.394 e. The zero-order valence-corrected chi connectivity index (χ0v) is 17.3. The number of thioether (sulfide) groups is 1. The van der Waals surface area contributed by atoms with Crippen LogP contribution in [0.2, 0.25) is 0 Å². The van der Waals surface area contributed by atoms with Crippen LogP contribution >= 0.6 is 27.7 Å². The molecule has 8 heteroatoms. The van der Waals surface area contributed by atoms with Crippen LogP contribution in [0.15, 0.2) is 35.7 Å². The third-order valence-corrected chi connectivity index (χ3v) is 4.99. The summed E-state index contributed by atoms with van der Waals surface area (Å²) in [6, 6.07) is 6.06. The Hall–Kier alpha value is -1.93. The number of hydrogen-bond donors (Lipinski definition) is 0. The van der Waals surface area contributed by atoms with Crippen LogP contribution in [0.4, 0.5) is 0 Å². The van der Waals surface area contributed by atoms with E-state index in [0.717, 1.165) is 40.2 Å². The van der Waals surface area contributed by atoms with Crippen molar-refractivity contribution in [3.63, 3.8) is 0 Å². The first-order chi connectivity index (χ1) is 12.6. The molecular weight excluding hydrogens is 414 g/mol. The Balaban J connectivity index is 1.90. The lowest BCUT2D eigenvalue weighted by molar-refractivity contribution is 0.163. The molecule has 0 fully saturated rings. The molecule has 0 saturated carbocycles. The average molecular weight is 434 g/mol. The number of pyridine rings is 2. The Morgan fingerprint density at radius 2 is 2.23 bits per heavy atom. The summed E-state index contributed by atoms with van der Waals surface area (Å²) in [5.41, 5.74) is 4.69. The molecule has 0 N–H and O–H groups in total. The highest BCUT2D eigenvalue weighted by Gasteiger charge is 2.14. The van der Waals surface area contributed by atoms with Gasteiger partial charge in [0.15, 0.2) is 10.3 Å². The summed E-state index contributed by atoms with van der Waals surface area (Å²) in [5.74, 6) is 1.53. The maximum Gasteiger partial charge on any atom is 0.201 e. The quantitative estimate of drug-likeness (QED) is 0.318. The van der Waals surface area contributed by atoms with Gasteiger partial charge < -0.3 is 4.84 Å². The summed E-state index contributed by atoms with van der Waals surface area (Å²) >= 11 is 5.18. The zero-order chi connectivity index (χ0) is 18.5. The van der Waals surface area contributed by atoms with Gasteiger partial charge in [-0.1, -0.05) is 12.1 Å². The van der Waals surface area contributed by atoms with Crippen LogP contribution < -0.4 is 0 Å². The molecule has 3 rings (SSSR count). The largest absolute Gasteiger partial charge is 0.394 e. The fourth-order valence-electron chi connectivity index (χ4n) is 2.45. The van der Waals surface area contributed by atoms with Gasteiger partial charge in [0.25, 0.3) is 0 Å². The third-order valence-electron chi connectivity index (χ3n) is 3.81. The molecule has 0 aliphatic carbocycles. The van der Waals surface area contributed by atoms with Gasteiger partial charge in [-0.2, -0.15) is 11.8 Å². The monoisotopic (exact) mass is 433 g/mol. The van der Waals surface area contributed by atoms with E-state index in [1.165, 1.54) is 0 Å². The summed E-state index contributed by atoms with van der Waals surface area (Å²) in [6.07, 6.45) is 6.53. The summed E-state index contributed by atoms with van der Waals surface area (Å²) in [5, 5.41) is 8.65. The molecule has 0 spiro atoms. The van der Waals surface area contributed by atoms with Crippen molar-refractivity contribution in [2.45, 2.75) is 20.3 Å². The zero-order valence-electron chi connectivity index (χ0n) is 14.9. The molecule has 0 aromatic carbocycles. The molecule has 3 heterocycles. The minimum atomic E-state index is 0.576. The van der Waals surface area contributed by atoms with Gasteiger partial charge in [-0.25, -0.2) is 9.50 Å². The topological polar surface area (TPSA) is 64.7 Å². The van der Waals surface area contributed by atoms with Gasteiger partial charge in [-0.05, 0) is 64.9 Å². The molecule has 0 aliphatic rings. The lowest BCUT2D eigenvalue weighted by Crippen LogP contribution is -2.01. The normalized spacial score (nSPS) is 11.9. The Kier molecular flexibility index (Phi) is 6.26. The summed E-state index contributed by atoms with van der Waals surface area (Å²) in [6.45, 7) is 4.70. The van der Waals surface area contributed by atoms with E-state index in [9.17, 15) is 0 Å². The number of oxime groups is 1. The van der Waals surface area contributed by atoms with Gasteiger partial charge >= 0.3 is 0 Å². The highest BCUT2D eigenvalue weighted by molar-refractivity contribution is 9.18.